The van der Waals surface area contributed by atoms with Crippen molar-refractivity contribution in [2.45, 2.75) is 6.92 Å². The molecule has 2 heterocycles. The molecular weight excluding hydrogens is 256 g/mol. The maximum Gasteiger partial charge on any atom is 0.146 e. The quantitative estimate of drug-likeness (QED) is 0.770. The van der Waals surface area contributed by atoms with Gasteiger partial charge in [0.25, 0.3) is 0 Å². The SMILES string of the molecule is Cc1ncc(Br)c(N2CCN(C)CC2)n1. The average Bonchev–Trinajstić information content (AvgIpc) is 2.23. The lowest BCUT2D eigenvalue weighted by Gasteiger charge is -2.33. The number of halogens is 1. The normalized spacial score (nSPS) is 18.2. The second kappa shape index (κ2) is 4.45. The summed E-state index contributed by atoms with van der Waals surface area (Å²) in [6, 6.07) is 0. The number of hydrogen-bond donors (Lipinski definition) is 0. The van der Waals surface area contributed by atoms with E-state index in [0.29, 0.717) is 0 Å². The monoisotopic (exact) mass is 270 g/mol. The zero-order chi connectivity index (χ0) is 10.8. The van der Waals surface area contributed by atoms with Crippen LogP contribution < -0.4 is 4.90 Å². The Kier molecular flexibility index (Phi) is 3.21. The first-order valence-electron chi connectivity index (χ1n) is 5.09. The standard InChI is InChI=1S/C10H15BrN4/c1-8-12-7-9(11)10(13-8)15-5-3-14(2)4-6-15/h7H,3-6H2,1-2H3. The van der Waals surface area contributed by atoms with Crippen LogP contribution in [0, 0.1) is 6.92 Å². The number of rotatable bonds is 1. The molecule has 0 aliphatic carbocycles. The van der Waals surface area contributed by atoms with E-state index in [-0.39, 0.29) is 0 Å². The third-order valence-electron chi connectivity index (χ3n) is 2.65. The van der Waals surface area contributed by atoms with Gasteiger partial charge >= 0.3 is 0 Å². The molecule has 0 radical (unpaired) electrons. The van der Waals surface area contributed by atoms with Gasteiger partial charge in [0.05, 0.1) is 4.47 Å². The molecule has 1 aliphatic heterocycles. The second-order valence-corrected chi connectivity index (χ2v) is 4.73. The van der Waals surface area contributed by atoms with Crippen LogP contribution in [-0.4, -0.2) is 48.1 Å². The molecule has 1 fully saturated rings. The number of anilines is 1. The molecule has 1 aromatic heterocycles. The Labute approximate surface area is 98.4 Å². The highest BCUT2D eigenvalue weighted by Crippen LogP contribution is 2.23. The highest BCUT2D eigenvalue weighted by molar-refractivity contribution is 9.10. The van der Waals surface area contributed by atoms with E-state index >= 15 is 0 Å². The van der Waals surface area contributed by atoms with Crippen molar-refractivity contribution in [3.63, 3.8) is 0 Å². The Hall–Kier alpha value is -0.680. The molecular formula is C10H15BrN4. The number of likely N-dealkylation sites (N-methyl/N-ethyl adjacent to an activating group) is 1. The topological polar surface area (TPSA) is 32.3 Å². The molecule has 0 N–H and O–H groups in total. The van der Waals surface area contributed by atoms with Crippen LogP contribution in [0.15, 0.2) is 10.7 Å². The van der Waals surface area contributed by atoms with E-state index in [0.717, 1.165) is 42.3 Å². The van der Waals surface area contributed by atoms with Gasteiger partial charge in [-0.1, -0.05) is 0 Å². The van der Waals surface area contributed by atoms with E-state index < -0.39 is 0 Å². The first kappa shape index (κ1) is 10.8. The van der Waals surface area contributed by atoms with Gasteiger partial charge in [-0.05, 0) is 29.9 Å². The lowest BCUT2D eigenvalue weighted by molar-refractivity contribution is 0.312. The van der Waals surface area contributed by atoms with Crippen molar-refractivity contribution in [1.29, 1.82) is 0 Å². The third kappa shape index (κ3) is 2.46. The van der Waals surface area contributed by atoms with Crippen molar-refractivity contribution in [1.82, 2.24) is 14.9 Å². The Morgan fingerprint density at radius 3 is 2.60 bits per heavy atom. The van der Waals surface area contributed by atoms with Gasteiger partial charge in [-0.3, -0.25) is 0 Å². The van der Waals surface area contributed by atoms with Gasteiger partial charge in [-0.25, -0.2) is 9.97 Å². The fraction of sp³-hybridized carbons (Fsp3) is 0.600. The van der Waals surface area contributed by atoms with Gasteiger partial charge in [0.1, 0.15) is 11.6 Å². The van der Waals surface area contributed by atoms with Crippen LogP contribution in [0.25, 0.3) is 0 Å². The van der Waals surface area contributed by atoms with E-state index in [1.165, 1.54) is 0 Å². The molecule has 82 valence electrons. The molecule has 1 aliphatic rings. The minimum absolute atomic E-state index is 0.826. The summed E-state index contributed by atoms with van der Waals surface area (Å²) < 4.78 is 0.984. The van der Waals surface area contributed by atoms with Crippen molar-refractivity contribution >= 4 is 21.7 Å². The van der Waals surface area contributed by atoms with Gasteiger partial charge in [0.15, 0.2) is 0 Å². The highest BCUT2D eigenvalue weighted by atomic mass is 79.9. The zero-order valence-corrected chi connectivity index (χ0v) is 10.7. The predicted octanol–water partition coefficient (Wildman–Crippen LogP) is 1.30. The summed E-state index contributed by atoms with van der Waals surface area (Å²) in [5.41, 5.74) is 0. The van der Waals surface area contributed by atoms with E-state index in [1.54, 1.807) is 0 Å². The summed E-state index contributed by atoms with van der Waals surface area (Å²) in [4.78, 5) is 13.3. The van der Waals surface area contributed by atoms with E-state index in [4.69, 9.17) is 0 Å². The van der Waals surface area contributed by atoms with Crippen LogP contribution in [0.1, 0.15) is 5.82 Å². The molecule has 2 rings (SSSR count). The van der Waals surface area contributed by atoms with E-state index in [1.807, 2.05) is 13.1 Å². The molecule has 1 saturated heterocycles. The Balaban J connectivity index is 2.18. The molecule has 5 heteroatoms. The predicted molar refractivity (Wildman–Crippen MR) is 64.2 cm³/mol. The van der Waals surface area contributed by atoms with Gasteiger partial charge in [0.2, 0.25) is 0 Å². The van der Waals surface area contributed by atoms with Crippen LogP contribution in [0.4, 0.5) is 5.82 Å². The Morgan fingerprint density at radius 2 is 1.93 bits per heavy atom. The van der Waals surface area contributed by atoms with Crippen molar-refractivity contribution in [2.75, 3.05) is 38.1 Å². The maximum atomic E-state index is 4.47. The van der Waals surface area contributed by atoms with Crippen LogP contribution in [-0.2, 0) is 0 Å². The summed E-state index contributed by atoms with van der Waals surface area (Å²) in [7, 11) is 2.15. The molecule has 4 nitrogen and oxygen atoms in total. The molecule has 0 amide bonds. The first-order valence-corrected chi connectivity index (χ1v) is 5.89. The van der Waals surface area contributed by atoms with Crippen molar-refractivity contribution in [2.24, 2.45) is 0 Å². The second-order valence-electron chi connectivity index (χ2n) is 3.88. The lowest BCUT2D eigenvalue weighted by atomic mass is 10.3. The molecule has 0 saturated carbocycles. The van der Waals surface area contributed by atoms with Crippen molar-refractivity contribution in [3.8, 4) is 0 Å². The minimum Gasteiger partial charge on any atom is -0.353 e. The number of piperazine rings is 1. The molecule has 0 atom stereocenters. The summed E-state index contributed by atoms with van der Waals surface area (Å²) in [6.45, 7) is 6.17. The summed E-state index contributed by atoms with van der Waals surface area (Å²) in [6.07, 6.45) is 1.83. The number of nitrogens with zero attached hydrogens (tertiary/aromatic N) is 4. The minimum atomic E-state index is 0.826. The van der Waals surface area contributed by atoms with Crippen LogP contribution in [0.5, 0.6) is 0 Å². The van der Waals surface area contributed by atoms with Crippen LogP contribution >= 0.6 is 15.9 Å². The molecule has 0 bridgehead atoms. The average molecular weight is 271 g/mol. The number of aryl methyl sites for hydroxylation is 1. The van der Waals surface area contributed by atoms with E-state index in [9.17, 15) is 0 Å². The summed E-state index contributed by atoms with van der Waals surface area (Å²) >= 11 is 3.50. The molecule has 0 aromatic carbocycles. The zero-order valence-electron chi connectivity index (χ0n) is 9.07. The van der Waals surface area contributed by atoms with Crippen molar-refractivity contribution < 1.29 is 0 Å². The van der Waals surface area contributed by atoms with Crippen LogP contribution in [0.2, 0.25) is 0 Å². The molecule has 0 spiro atoms. The number of aromatic nitrogens is 2. The van der Waals surface area contributed by atoms with Crippen molar-refractivity contribution in [3.05, 3.63) is 16.5 Å². The van der Waals surface area contributed by atoms with Gasteiger partial charge in [-0.15, -0.1) is 0 Å². The highest BCUT2D eigenvalue weighted by Gasteiger charge is 2.17. The third-order valence-corrected chi connectivity index (χ3v) is 3.21. The van der Waals surface area contributed by atoms with Crippen LogP contribution in [0.3, 0.4) is 0 Å². The fourth-order valence-corrected chi connectivity index (χ4v) is 2.13. The smallest absolute Gasteiger partial charge is 0.146 e. The van der Waals surface area contributed by atoms with Gasteiger partial charge < -0.3 is 9.80 Å². The first-order chi connectivity index (χ1) is 7.16. The number of hydrogen-bond acceptors (Lipinski definition) is 4. The largest absolute Gasteiger partial charge is 0.353 e. The van der Waals surface area contributed by atoms with E-state index in [2.05, 4.69) is 42.7 Å². The Bertz CT molecular complexity index is 347. The molecule has 1 aromatic rings. The lowest BCUT2D eigenvalue weighted by Crippen LogP contribution is -2.45. The Morgan fingerprint density at radius 1 is 1.27 bits per heavy atom. The molecule has 0 unspecified atom stereocenters. The van der Waals surface area contributed by atoms with Gasteiger partial charge in [-0.2, -0.15) is 0 Å². The fourth-order valence-electron chi connectivity index (χ4n) is 1.68. The van der Waals surface area contributed by atoms with Gasteiger partial charge in [0, 0.05) is 32.4 Å². The summed E-state index contributed by atoms with van der Waals surface area (Å²) in [5.74, 6) is 1.85. The summed E-state index contributed by atoms with van der Waals surface area (Å²) in [5, 5.41) is 0. The molecule has 15 heavy (non-hydrogen) atoms. The maximum absolute atomic E-state index is 4.47.